The van der Waals surface area contributed by atoms with Gasteiger partial charge in [-0.15, -0.1) is 0 Å². The van der Waals surface area contributed by atoms with Crippen molar-refractivity contribution >= 4 is 17.4 Å². The first-order valence-corrected chi connectivity index (χ1v) is 5.98. The normalized spacial score (nSPS) is 24.0. The summed E-state index contributed by atoms with van der Waals surface area (Å²) >= 11 is 5.84. The van der Waals surface area contributed by atoms with Gasteiger partial charge in [0.15, 0.2) is 0 Å². The third-order valence-corrected chi connectivity index (χ3v) is 3.03. The number of hydrogen-bond donors (Lipinski definition) is 1. The summed E-state index contributed by atoms with van der Waals surface area (Å²) in [7, 11) is 0. The minimum absolute atomic E-state index is 0.0825. The van der Waals surface area contributed by atoms with Crippen LogP contribution in [-0.2, 0) is 4.79 Å². The number of aliphatic hydroxyl groups is 1. The average molecular weight is 249 g/mol. The number of hydrogen-bond acceptors (Lipinski definition) is 2. The second-order valence-electron chi connectivity index (χ2n) is 4.36. The van der Waals surface area contributed by atoms with Gasteiger partial charge in [-0.1, -0.05) is 29.5 Å². The molecule has 0 bridgehead atoms. The van der Waals surface area contributed by atoms with Gasteiger partial charge in [-0.05, 0) is 31.0 Å². The van der Waals surface area contributed by atoms with Gasteiger partial charge < -0.3 is 5.11 Å². The summed E-state index contributed by atoms with van der Waals surface area (Å²) in [5.41, 5.74) is -0.401. The molecular weight excluding hydrogens is 236 g/mol. The second kappa shape index (κ2) is 4.91. The molecule has 0 saturated heterocycles. The van der Waals surface area contributed by atoms with E-state index < -0.39 is 5.60 Å². The standard InChI is InChI=1S/C14H13ClO2/c15-12-4-1-3-11(9-12)6-8-14(17)7-2-5-13(16)10-14/h1,3-4,9,17H,2,5,7,10H2. The third-order valence-electron chi connectivity index (χ3n) is 2.80. The van der Waals surface area contributed by atoms with Gasteiger partial charge in [0, 0.05) is 23.4 Å². The average Bonchev–Trinajstić information content (AvgIpc) is 2.26. The van der Waals surface area contributed by atoms with Crippen molar-refractivity contribution in [3.8, 4) is 11.8 Å². The molecule has 3 heteroatoms. The molecule has 1 saturated carbocycles. The first-order valence-electron chi connectivity index (χ1n) is 5.60. The smallest absolute Gasteiger partial charge is 0.136 e. The van der Waals surface area contributed by atoms with Gasteiger partial charge >= 0.3 is 0 Å². The highest BCUT2D eigenvalue weighted by atomic mass is 35.5. The molecule has 88 valence electrons. The summed E-state index contributed by atoms with van der Waals surface area (Å²) in [5.74, 6) is 5.76. The number of Topliss-reactive ketones (excluding diaryl/α,β-unsaturated/α-hetero) is 1. The Labute approximate surface area is 106 Å². The van der Waals surface area contributed by atoms with Gasteiger partial charge in [0.05, 0.1) is 0 Å². The van der Waals surface area contributed by atoms with Crippen molar-refractivity contribution in [3.63, 3.8) is 0 Å². The molecule has 2 nitrogen and oxygen atoms in total. The lowest BCUT2D eigenvalue weighted by Crippen LogP contribution is -2.33. The van der Waals surface area contributed by atoms with Crippen molar-refractivity contribution in [2.45, 2.75) is 31.3 Å². The molecule has 1 aliphatic carbocycles. The lowest BCUT2D eigenvalue weighted by molar-refractivity contribution is -0.125. The molecule has 17 heavy (non-hydrogen) atoms. The molecule has 1 aliphatic rings. The van der Waals surface area contributed by atoms with Gasteiger partial charge in [-0.3, -0.25) is 4.79 Å². The maximum absolute atomic E-state index is 11.3. The van der Waals surface area contributed by atoms with Crippen LogP contribution in [0.15, 0.2) is 24.3 Å². The SMILES string of the molecule is O=C1CCCC(O)(C#Cc2cccc(Cl)c2)C1. The lowest BCUT2D eigenvalue weighted by atomic mass is 9.84. The second-order valence-corrected chi connectivity index (χ2v) is 4.80. The van der Waals surface area contributed by atoms with E-state index in [-0.39, 0.29) is 12.2 Å². The number of benzene rings is 1. The van der Waals surface area contributed by atoms with Crippen molar-refractivity contribution in [1.82, 2.24) is 0 Å². The summed E-state index contributed by atoms with van der Waals surface area (Å²) in [4.78, 5) is 11.3. The Balaban J connectivity index is 2.18. The number of halogens is 1. The molecule has 0 aliphatic heterocycles. The van der Waals surface area contributed by atoms with Crippen LogP contribution in [0.2, 0.25) is 5.02 Å². The fraction of sp³-hybridized carbons (Fsp3) is 0.357. The zero-order valence-corrected chi connectivity index (χ0v) is 10.1. The Morgan fingerprint density at radius 3 is 2.94 bits per heavy atom. The van der Waals surface area contributed by atoms with E-state index in [2.05, 4.69) is 11.8 Å². The quantitative estimate of drug-likeness (QED) is 0.717. The molecule has 1 aromatic rings. The predicted molar refractivity (Wildman–Crippen MR) is 66.8 cm³/mol. The Bertz CT molecular complexity index is 498. The molecule has 0 spiro atoms. The molecule has 1 atom stereocenters. The van der Waals surface area contributed by atoms with Crippen LogP contribution in [-0.4, -0.2) is 16.5 Å². The van der Waals surface area contributed by atoms with E-state index >= 15 is 0 Å². The summed E-state index contributed by atoms with van der Waals surface area (Å²) < 4.78 is 0. The Morgan fingerprint density at radius 1 is 1.41 bits per heavy atom. The van der Waals surface area contributed by atoms with Gasteiger partial charge in [0.25, 0.3) is 0 Å². The third kappa shape index (κ3) is 3.33. The van der Waals surface area contributed by atoms with Crippen molar-refractivity contribution < 1.29 is 9.90 Å². The summed E-state index contributed by atoms with van der Waals surface area (Å²) in [6, 6.07) is 7.14. The summed E-state index contributed by atoms with van der Waals surface area (Å²) in [6.45, 7) is 0. The Kier molecular flexibility index (Phi) is 3.51. The maximum Gasteiger partial charge on any atom is 0.136 e. The van der Waals surface area contributed by atoms with Gasteiger partial charge in [0.1, 0.15) is 11.4 Å². The maximum atomic E-state index is 11.3. The van der Waals surface area contributed by atoms with E-state index in [1.807, 2.05) is 12.1 Å². The fourth-order valence-corrected chi connectivity index (χ4v) is 2.13. The molecule has 0 amide bonds. The molecule has 1 aromatic carbocycles. The van der Waals surface area contributed by atoms with E-state index in [1.54, 1.807) is 12.1 Å². The lowest BCUT2D eigenvalue weighted by Gasteiger charge is -2.25. The van der Waals surface area contributed by atoms with E-state index in [1.165, 1.54) is 0 Å². The van der Waals surface area contributed by atoms with Crippen molar-refractivity contribution in [3.05, 3.63) is 34.9 Å². The number of carbonyl (C=O) groups excluding carboxylic acids is 1. The van der Waals surface area contributed by atoms with Crippen LogP contribution in [0.5, 0.6) is 0 Å². The van der Waals surface area contributed by atoms with Crippen LogP contribution in [0.3, 0.4) is 0 Å². The minimum Gasteiger partial charge on any atom is -0.377 e. The number of ketones is 1. The first kappa shape index (κ1) is 12.2. The van der Waals surface area contributed by atoms with Crippen molar-refractivity contribution in [2.24, 2.45) is 0 Å². The van der Waals surface area contributed by atoms with Crippen LogP contribution in [0.25, 0.3) is 0 Å². The predicted octanol–water partition coefficient (Wildman–Crippen LogP) is 2.57. The highest BCUT2D eigenvalue weighted by molar-refractivity contribution is 6.30. The van der Waals surface area contributed by atoms with Crippen LogP contribution < -0.4 is 0 Å². The number of rotatable bonds is 0. The first-order chi connectivity index (χ1) is 8.07. The zero-order valence-electron chi connectivity index (χ0n) is 9.37. The van der Waals surface area contributed by atoms with Crippen LogP contribution in [0.4, 0.5) is 0 Å². The molecule has 0 heterocycles. The van der Waals surface area contributed by atoms with E-state index in [0.717, 1.165) is 5.56 Å². The van der Waals surface area contributed by atoms with Gasteiger partial charge in [-0.2, -0.15) is 0 Å². The Morgan fingerprint density at radius 2 is 2.24 bits per heavy atom. The van der Waals surface area contributed by atoms with Crippen LogP contribution in [0.1, 0.15) is 31.2 Å². The monoisotopic (exact) mass is 248 g/mol. The molecule has 1 N–H and O–H groups in total. The zero-order chi connectivity index (χ0) is 12.3. The fourth-order valence-electron chi connectivity index (χ4n) is 1.94. The molecular formula is C14H13ClO2. The van der Waals surface area contributed by atoms with Crippen molar-refractivity contribution in [1.29, 1.82) is 0 Å². The van der Waals surface area contributed by atoms with E-state index in [4.69, 9.17) is 11.6 Å². The van der Waals surface area contributed by atoms with Crippen LogP contribution >= 0.6 is 11.6 Å². The van der Waals surface area contributed by atoms with Gasteiger partial charge in [0.2, 0.25) is 0 Å². The van der Waals surface area contributed by atoms with Crippen molar-refractivity contribution in [2.75, 3.05) is 0 Å². The van der Waals surface area contributed by atoms with Gasteiger partial charge in [-0.25, -0.2) is 0 Å². The topological polar surface area (TPSA) is 37.3 Å². The minimum atomic E-state index is -1.16. The molecule has 2 rings (SSSR count). The summed E-state index contributed by atoms with van der Waals surface area (Å²) in [6.07, 6.45) is 1.97. The largest absolute Gasteiger partial charge is 0.377 e. The summed E-state index contributed by atoms with van der Waals surface area (Å²) in [5, 5.41) is 10.8. The molecule has 1 unspecified atom stereocenters. The highest BCUT2D eigenvalue weighted by Crippen LogP contribution is 2.25. The van der Waals surface area contributed by atoms with Crippen LogP contribution in [0, 0.1) is 11.8 Å². The molecule has 0 radical (unpaired) electrons. The van der Waals surface area contributed by atoms with E-state index in [0.29, 0.717) is 24.3 Å². The highest BCUT2D eigenvalue weighted by Gasteiger charge is 2.31. The Hall–Kier alpha value is -1.30. The van der Waals surface area contributed by atoms with E-state index in [9.17, 15) is 9.90 Å². The molecule has 0 aromatic heterocycles. The number of carbonyl (C=O) groups is 1. The molecule has 1 fully saturated rings.